The van der Waals surface area contributed by atoms with E-state index in [1.54, 1.807) is 6.08 Å². The summed E-state index contributed by atoms with van der Waals surface area (Å²) in [5.41, 5.74) is 1.04. The number of carbonyl (C=O) groups excluding carboxylic acids is 1. The zero-order valence-corrected chi connectivity index (χ0v) is 9.30. The second kappa shape index (κ2) is 6.56. The van der Waals surface area contributed by atoms with Crippen molar-refractivity contribution >= 4 is 18.1 Å². The van der Waals surface area contributed by atoms with Crippen LogP contribution in [0.25, 0.3) is 6.08 Å². The predicted molar refractivity (Wildman–Crippen MR) is 65.3 cm³/mol. The lowest BCUT2D eigenvalue weighted by Gasteiger charge is -1.99. The van der Waals surface area contributed by atoms with E-state index in [2.05, 4.69) is 0 Å². The fourth-order valence-electron chi connectivity index (χ4n) is 1.16. The average Bonchev–Trinajstić information content (AvgIpc) is 2.28. The largest absolute Gasteiger partial charge is 0.624 e. The van der Waals surface area contributed by atoms with Crippen molar-refractivity contribution in [2.75, 3.05) is 6.54 Å². The molecular weight excluding hydrogens is 202 g/mol. The molecule has 0 radical (unpaired) electrons. The second-order valence-corrected chi connectivity index (χ2v) is 3.51. The van der Waals surface area contributed by atoms with E-state index in [1.165, 1.54) is 13.1 Å². The maximum Gasteiger partial charge on any atom is 0.174 e. The third kappa shape index (κ3) is 5.10. The van der Waals surface area contributed by atoms with Crippen LogP contribution in [-0.4, -0.2) is 23.3 Å². The summed E-state index contributed by atoms with van der Waals surface area (Å²) < 4.78 is 0.765. The topological polar surface area (TPSA) is 43.1 Å². The van der Waals surface area contributed by atoms with Crippen LogP contribution in [0.5, 0.6) is 0 Å². The Balaban J connectivity index is 2.46. The number of rotatable bonds is 5. The molecule has 0 aliphatic heterocycles. The number of Topliss-reactive ketones (excluding diaryl/α,β-unsaturated/α-hetero) is 1. The van der Waals surface area contributed by atoms with Crippen LogP contribution in [0, 0.1) is 5.21 Å². The highest BCUT2D eigenvalue weighted by Gasteiger charge is 1.96. The molecule has 0 unspecified atom stereocenters. The molecule has 0 aliphatic carbocycles. The van der Waals surface area contributed by atoms with Gasteiger partial charge in [-0.3, -0.25) is 4.79 Å². The number of ketones is 1. The van der Waals surface area contributed by atoms with Crippen LogP contribution in [0.3, 0.4) is 0 Å². The number of hydrogen-bond acceptors (Lipinski definition) is 2. The molecule has 1 aromatic carbocycles. The van der Waals surface area contributed by atoms with E-state index in [9.17, 15) is 10.0 Å². The minimum atomic E-state index is 0.0290. The molecule has 1 rings (SSSR count). The van der Waals surface area contributed by atoms with E-state index in [0.29, 0.717) is 6.42 Å². The van der Waals surface area contributed by atoms with Gasteiger partial charge in [-0.1, -0.05) is 30.3 Å². The SMILES string of the molecule is CC(=O)CC/[N+]([O-])=C/C=C/c1ccccc1. The molecule has 0 fully saturated rings. The van der Waals surface area contributed by atoms with Crippen molar-refractivity contribution in [2.24, 2.45) is 0 Å². The smallest absolute Gasteiger partial charge is 0.174 e. The average molecular weight is 217 g/mol. The first-order valence-corrected chi connectivity index (χ1v) is 5.18. The summed E-state index contributed by atoms with van der Waals surface area (Å²) in [5, 5.41) is 11.2. The number of carbonyl (C=O) groups is 1. The van der Waals surface area contributed by atoms with Gasteiger partial charge in [0.1, 0.15) is 5.78 Å². The first-order valence-electron chi connectivity index (χ1n) is 5.18. The Bertz CT molecular complexity index is 394. The Morgan fingerprint density at radius 2 is 2.06 bits per heavy atom. The summed E-state index contributed by atoms with van der Waals surface area (Å²) in [5.74, 6) is 0.0290. The zero-order chi connectivity index (χ0) is 11.8. The van der Waals surface area contributed by atoms with E-state index in [4.69, 9.17) is 0 Å². The maximum atomic E-state index is 11.2. The molecular formula is C13H15NO2. The monoisotopic (exact) mass is 217 g/mol. The summed E-state index contributed by atoms with van der Waals surface area (Å²) in [6.45, 7) is 1.70. The molecule has 0 aliphatic rings. The van der Waals surface area contributed by atoms with Crippen LogP contribution >= 0.6 is 0 Å². The van der Waals surface area contributed by atoms with Gasteiger partial charge in [0.25, 0.3) is 0 Å². The Morgan fingerprint density at radius 3 is 2.69 bits per heavy atom. The van der Waals surface area contributed by atoms with Crippen molar-refractivity contribution in [1.82, 2.24) is 0 Å². The van der Waals surface area contributed by atoms with Gasteiger partial charge in [-0.15, -0.1) is 0 Å². The van der Waals surface area contributed by atoms with Gasteiger partial charge < -0.3 is 5.21 Å². The van der Waals surface area contributed by atoms with Crippen molar-refractivity contribution < 1.29 is 9.53 Å². The summed E-state index contributed by atoms with van der Waals surface area (Å²) in [4.78, 5) is 10.6. The van der Waals surface area contributed by atoms with Crippen LogP contribution in [0.1, 0.15) is 18.9 Å². The van der Waals surface area contributed by atoms with E-state index < -0.39 is 0 Å². The first kappa shape index (κ1) is 12.2. The molecule has 0 saturated carbocycles. The van der Waals surface area contributed by atoms with Gasteiger partial charge >= 0.3 is 0 Å². The maximum absolute atomic E-state index is 11.2. The van der Waals surface area contributed by atoms with E-state index in [1.807, 2.05) is 36.4 Å². The predicted octanol–water partition coefficient (Wildman–Crippen LogP) is 2.26. The lowest BCUT2D eigenvalue weighted by molar-refractivity contribution is -0.450. The third-order valence-electron chi connectivity index (χ3n) is 2.02. The van der Waals surface area contributed by atoms with Crippen LogP contribution in [0.2, 0.25) is 0 Å². The highest BCUT2D eigenvalue weighted by molar-refractivity contribution is 5.76. The third-order valence-corrected chi connectivity index (χ3v) is 2.02. The molecule has 16 heavy (non-hydrogen) atoms. The van der Waals surface area contributed by atoms with Crippen LogP contribution in [-0.2, 0) is 4.79 Å². The van der Waals surface area contributed by atoms with Crippen LogP contribution in [0.4, 0.5) is 0 Å². The van der Waals surface area contributed by atoms with Crippen molar-refractivity contribution in [3.63, 3.8) is 0 Å². The molecule has 0 aromatic heterocycles. The Morgan fingerprint density at radius 1 is 1.38 bits per heavy atom. The molecule has 0 amide bonds. The van der Waals surface area contributed by atoms with Gasteiger partial charge in [-0.25, -0.2) is 4.74 Å². The minimum absolute atomic E-state index is 0.0290. The molecule has 0 heterocycles. The quantitative estimate of drug-likeness (QED) is 0.328. The van der Waals surface area contributed by atoms with Gasteiger partial charge in [0.2, 0.25) is 0 Å². The summed E-state index contributed by atoms with van der Waals surface area (Å²) >= 11 is 0. The molecule has 0 bridgehead atoms. The fourth-order valence-corrected chi connectivity index (χ4v) is 1.16. The number of hydroxylamine groups is 1. The zero-order valence-electron chi connectivity index (χ0n) is 9.30. The minimum Gasteiger partial charge on any atom is -0.624 e. The van der Waals surface area contributed by atoms with Crippen LogP contribution < -0.4 is 0 Å². The summed E-state index contributed by atoms with van der Waals surface area (Å²) in [7, 11) is 0. The molecule has 0 spiro atoms. The second-order valence-electron chi connectivity index (χ2n) is 3.51. The lowest BCUT2D eigenvalue weighted by Crippen LogP contribution is -2.09. The molecule has 3 heteroatoms. The van der Waals surface area contributed by atoms with E-state index in [0.717, 1.165) is 10.3 Å². The Hall–Kier alpha value is -1.90. The molecule has 0 N–H and O–H groups in total. The molecule has 0 saturated heterocycles. The molecule has 84 valence electrons. The molecule has 0 atom stereocenters. The summed E-state index contributed by atoms with van der Waals surface area (Å²) in [6, 6.07) is 9.71. The van der Waals surface area contributed by atoms with Crippen molar-refractivity contribution in [2.45, 2.75) is 13.3 Å². The van der Waals surface area contributed by atoms with Crippen LogP contribution in [0.15, 0.2) is 36.4 Å². The number of benzene rings is 1. The first-order chi connectivity index (χ1) is 7.68. The Kier molecular flexibility index (Phi) is 4.99. The van der Waals surface area contributed by atoms with Gasteiger partial charge in [-0.05, 0) is 18.6 Å². The van der Waals surface area contributed by atoms with Crippen molar-refractivity contribution in [1.29, 1.82) is 0 Å². The fraction of sp³-hybridized carbons (Fsp3) is 0.231. The standard InChI is InChI=1S/C13H15NO2/c1-12(15)9-11-14(16)10-5-8-13-6-3-2-4-7-13/h2-8,10H,9,11H2,1H3/b8-5+,14-10-. The molecule has 1 aromatic rings. The van der Waals surface area contributed by atoms with Crippen molar-refractivity contribution in [3.05, 3.63) is 47.2 Å². The lowest BCUT2D eigenvalue weighted by atomic mass is 10.2. The van der Waals surface area contributed by atoms with Crippen molar-refractivity contribution in [3.8, 4) is 0 Å². The van der Waals surface area contributed by atoms with Gasteiger partial charge in [0, 0.05) is 6.08 Å². The summed E-state index contributed by atoms with van der Waals surface area (Å²) in [6.07, 6.45) is 5.25. The van der Waals surface area contributed by atoms with Gasteiger partial charge in [-0.2, -0.15) is 0 Å². The number of hydrogen-bond donors (Lipinski definition) is 0. The normalized spacial score (nSPS) is 11.9. The molecule has 3 nitrogen and oxygen atoms in total. The Labute approximate surface area is 95.3 Å². The number of allylic oxidation sites excluding steroid dienone is 1. The highest BCUT2D eigenvalue weighted by Crippen LogP contribution is 1.99. The van der Waals surface area contributed by atoms with E-state index >= 15 is 0 Å². The van der Waals surface area contributed by atoms with Gasteiger partial charge in [0.15, 0.2) is 12.8 Å². The highest BCUT2D eigenvalue weighted by atomic mass is 16.5. The van der Waals surface area contributed by atoms with Gasteiger partial charge in [0.05, 0.1) is 6.42 Å². The number of nitrogens with zero attached hydrogens (tertiary/aromatic N) is 1. The van der Waals surface area contributed by atoms with E-state index in [-0.39, 0.29) is 12.3 Å².